The number of carbonyl (C=O) groups excluding carboxylic acids is 1. The molecule has 6 heteroatoms. The summed E-state index contributed by atoms with van der Waals surface area (Å²) in [6.45, 7) is 1.84. The number of carbonyl (C=O) groups is 1. The molecular weight excluding hydrogens is 278 g/mol. The lowest BCUT2D eigenvalue weighted by Gasteiger charge is -2.35. The number of nitrogens with zero attached hydrogens (tertiary/aromatic N) is 2. The third-order valence-corrected chi connectivity index (χ3v) is 4.40. The van der Waals surface area contributed by atoms with E-state index in [0.717, 1.165) is 24.3 Å². The highest BCUT2D eigenvalue weighted by atomic mass is 35.5. The van der Waals surface area contributed by atoms with Crippen LogP contribution in [0.2, 0.25) is 0 Å². The molecule has 112 valence electrons. The molecule has 2 atom stereocenters. The molecule has 1 aromatic rings. The zero-order chi connectivity index (χ0) is 13.4. The van der Waals surface area contributed by atoms with Crippen LogP contribution in [-0.2, 0) is 11.2 Å². The SMILES string of the molecule is Cc1cc(CC(=O)N(C)C2CC3CCC(C2)N3)no1.Cl. The van der Waals surface area contributed by atoms with Gasteiger partial charge in [0.1, 0.15) is 5.76 Å². The molecule has 3 heterocycles. The Bertz CT molecular complexity index is 465. The summed E-state index contributed by atoms with van der Waals surface area (Å²) in [6, 6.07) is 3.42. The summed E-state index contributed by atoms with van der Waals surface area (Å²) in [6.07, 6.45) is 5.01. The van der Waals surface area contributed by atoms with Crippen molar-refractivity contribution >= 4 is 18.3 Å². The molecule has 2 bridgehead atoms. The molecule has 1 amide bonds. The summed E-state index contributed by atoms with van der Waals surface area (Å²) in [4.78, 5) is 14.2. The number of hydrogen-bond donors (Lipinski definition) is 1. The molecule has 2 saturated heterocycles. The smallest absolute Gasteiger partial charge is 0.228 e. The number of likely N-dealkylation sites (N-methyl/N-ethyl adjacent to an activating group) is 1. The van der Waals surface area contributed by atoms with Crippen LogP contribution in [0.3, 0.4) is 0 Å². The Balaban J connectivity index is 0.00000147. The molecule has 20 heavy (non-hydrogen) atoms. The van der Waals surface area contributed by atoms with Crippen LogP contribution in [0.4, 0.5) is 0 Å². The topological polar surface area (TPSA) is 58.4 Å². The molecule has 2 aliphatic rings. The van der Waals surface area contributed by atoms with Gasteiger partial charge in [0.25, 0.3) is 0 Å². The van der Waals surface area contributed by atoms with E-state index in [4.69, 9.17) is 4.52 Å². The van der Waals surface area contributed by atoms with Gasteiger partial charge in [0.2, 0.25) is 5.91 Å². The molecular formula is C14H22ClN3O2. The van der Waals surface area contributed by atoms with Crippen LogP contribution >= 0.6 is 12.4 Å². The first-order valence-electron chi connectivity index (χ1n) is 7.05. The summed E-state index contributed by atoms with van der Waals surface area (Å²) in [5.41, 5.74) is 0.728. The number of piperidine rings is 1. The average Bonchev–Trinajstić information content (AvgIpc) is 2.94. The van der Waals surface area contributed by atoms with Crippen molar-refractivity contribution in [3.05, 3.63) is 17.5 Å². The number of halogens is 1. The van der Waals surface area contributed by atoms with Crippen LogP contribution in [0.1, 0.15) is 37.1 Å². The van der Waals surface area contributed by atoms with Gasteiger partial charge in [-0.15, -0.1) is 12.4 Å². The van der Waals surface area contributed by atoms with E-state index in [1.807, 2.05) is 24.9 Å². The second-order valence-electron chi connectivity index (χ2n) is 5.87. The predicted octanol–water partition coefficient (Wildman–Crippen LogP) is 1.69. The van der Waals surface area contributed by atoms with Gasteiger partial charge in [-0.25, -0.2) is 0 Å². The summed E-state index contributed by atoms with van der Waals surface area (Å²) in [5.74, 6) is 0.893. The van der Waals surface area contributed by atoms with Crippen molar-refractivity contribution in [1.29, 1.82) is 0 Å². The molecule has 3 rings (SSSR count). The number of amides is 1. The Morgan fingerprint density at radius 2 is 2.10 bits per heavy atom. The Labute approximate surface area is 125 Å². The molecule has 0 aromatic carbocycles. The molecule has 5 nitrogen and oxygen atoms in total. The van der Waals surface area contributed by atoms with Crippen molar-refractivity contribution in [1.82, 2.24) is 15.4 Å². The van der Waals surface area contributed by atoms with Gasteiger partial charge in [-0.3, -0.25) is 4.79 Å². The lowest BCUT2D eigenvalue weighted by Crippen LogP contribution is -2.49. The van der Waals surface area contributed by atoms with Crippen molar-refractivity contribution in [3.63, 3.8) is 0 Å². The van der Waals surface area contributed by atoms with Crippen molar-refractivity contribution in [2.45, 2.75) is 57.2 Å². The van der Waals surface area contributed by atoms with Gasteiger partial charge in [-0.1, -0.05) is 5.16 Å². The first kappa shape index (κ1) is 15.3. The van der Waals surface area contributed by atoms with E-state index in [1.165, 1.54) is 12.8 Å². The first-order chi connectivity index (χ1) is 9.11. The number of fused-ring (bicyclic) bond motifs is 2. The summed E-state index contributed by atoms with van der Waals surface area (Å²) in [5, 5.41) is 7.49. The fourth-order valence-corrected chi connectivity index (χ4v) is 3.33. The lowest BCUT2D eigenvalue weighted by molar-refractivity contribution is -0.132. The van der Waals surface area contributed by atoms with Gasteiger partial charge in [-0.2, -0.15) is 0 Å². The molecule has 0 spiro atoms. The van der Waals surface area contributed by atoms with Crippen molar-refractivity contribution in [3.8, 4) is 0 Å². The highest BCUT2D eigenvalue weighted by molar-refractivity contribution is 5.85. The second kappa shape index (κ2) is 6.14. The summed E-state index contributed by atoms with van der Waals surface area (Å²) < 4.78 is 5.00. The van der Waals surface area contributed by atoms with Crippen LogP contribution in [0.15, 0.2) is 10.6 Å². The van der Waals surface area contributed by atoms with Gasteiger partial charge < -0.3 is 14.7 Å². The van der Waals surface area contributed by atoms with Gasteiger partial charge in [0.05, 0.1) is 12.1 Å². The average molecular weight is 300 g/mol. The fraction of sp³-hybridized carbons (Fsp3) is 0.714. The molecule has 2 aliphatic heterocycles. The zero-order valence-corrected chi connectivity index (χ0v) is 12.8. The monoisotopic (exact) mass is 299 g/mol. The van der Waals surface area contributed by atoms with Crippen LogP contribution in [0, 0.1) is 6.92 Å². The first-order valence-corrected chi connectivity index (χ1v) is 7.05. The van der Waals surface area contributed by atoms with Crippen molar-refractivity contribution < 1.29 is 9.32 Å². The van der Waals surface area contributed by atoms with E-state index in [0.29, 0.717) is 24.5 Å². The van der Waals surface area contributed by atoms with E-state index in [9.17, 15) is 4.79 Å². The quantitative estimate of drug-likeness (QED) is 0.923. The summed E-state index contributed by atoms with van der Waals surface area (Å²) in [7, 11) is 1.92. The standard InChI is InChI=1S/C14H21N3O2.ClH/c1-9-5-12(16-19-9)8-14(18)17(2)13-6-10-3-4-11(7-13)15-10;/h5,10-11,13,15H,3-4,6-8H2,1-2H3;1H. The second-order valence-corrected chi connectivity index (χ2v) is 5.87. The maximum absolute atomic E-state index is 12.3. The Morgan fingerprint density at radius 3 is 2.65 bits per heavy atom. The van der Waals surface area contributed by atoms with Gasteiger partial charge in [-0.05, 0) is 32.6 Å². The molecule has 0 radical (unpaired) electrons. The normalized spacial score (nSPS) is 28.0. The number of aromatic nitrogens is 1. The highest BCUT2D eigenvalue weighted by Gasteiger charge is 2.36. The number of aryl methyl sites for hydroxylation is 1. The van der Waals surface area contributed by atoms with Crippen LogP contribution in [-0.4, -0.2) is 41.1 Å². The molecule has 2 unspecified atom stereocenters. The minimum Gasteiger partial charge on any atom is -0.361 e. The van der Waals surface area contributed by atoms with E-state index < -0.39 is 0 Å². The third kappa shape index (κ3) is 3.15. The van der Waals surface area contributed by atoms with Crippen molar-refractivity contribution in [2.24, 2.45) is 0 Å². The van der Waals surface area contributed by atoms with E-state index in [2.05, 4.69) is 10.5 Å². The maximum atomic E-state index is 12.3. The van der Waals surface area contributed by atoms with E-state index >= 15 is 0 Å². The van der Waals surface area contributed by atoms with Gasteiger partial charge in [0.15, 0.2) is 0 Å². The molecule has 1 aromatic heterocycles. The van der Waals surface area contributed by atoms with E-state index in [-0.39, 0.29) is 18.3 Å². The van der Waals surface area contributed by atoms with Gasteiger partial charge in [0, 0.05) is 31.2 Å². The van der Waals surface area contributed by atoms with Crippen LogP contribution in [0.25, 0.3) is 0 Å². The molecule has 1 N–H and O–H groups in total. The Kier molecular flexibility index (Phi) is 4.70. The Hall–Kier alpha value is -1.07. The van der Waals surface area contributed by atoms with Crippen LogP contribution < -0.4 is 5.32 Å². The minimum atomic E-state index is 0. The zero-order valence-electron chi connectivity index (χ0n) is 12.0. The Morgan fingerprint density at radius 1 is 1.45 bits per heavy atom. The lowest BCUT2D eigenvalue weighted by atomic mass is 9.98. The number of hydrogen-bond acceptors (Lipinski definition) is 4. The molecule has 2 fully saturated rings. The van der Waals surface area contributed by atoms with E-state index in [1.54, 1.807) is 0 Å². The number of nitrogens with one attached hydrogen (secondary N) is 1. The summed E-state index contributed by atoms with van der Waals surface area (Å²) >= 11 is 0. The predicted molar refractivity (Wildman–Crippen MR) is 77.9 cm³/mol. The number of rotatable bonds is 3. The van der Waals surface area contributed by atoms with Crippen molar-refractivity contribution in [2.75, 3.05) is 7.05 Å². The fourth-order valence-electron chi connectivity index (χ4n) is 3.33. The molecule has 0 aliphatic carbocycles. The van der Waals surface area contributed by atoms with Gasteiger partial charge >= 0.3 is 0 Å². The maximum Gasteiger partial charge on any atom is 0.228 e. The largest absolute Gasteiger partial charge is 0.361 e. The minimum absolute atomic E-state index is 0. The third-order valence-electron chi connectivity index (χ3n) is 4.40. The highest BCUT2D eigenvalue weighted by Crippen LogP contribution is 2.29. The van der Waals surface area contributed by atoms with Crippen LogP contribution in [0.5, 0.6) is 0 Å². The molecule has 0 saturated carbocycles.